The molecule has 0 heterocycles. The molecule has 0 bridgehead atoms. The van der Waals surface area contributed by atoms with Crippen LogP contribution in [0, 0.1) is 0 Å². The zero-order valence-corrected chi connectivity index (χ0v) is 15.1. The minimum absolute atomic E-state index is 0.0373. The molecule has 2 aromatic rings. The monoisotopic (exact) mass is 398 g/mol. The second-order valence-corrected chi connectivity index (χ2v) is 6.00. The molecule has 0 aliphatic heterocycles. The van der Waals surface area contributed by atoms with E-state index in [2.05, 4.69) is 10.6 Å². The van der Waals surface area contributed by atoms with E-state index < -0.39 is 11.9 Å². The van der Waals surface area contributed by atoms with E-state index in [4.69, 9.17) is 45.3 Å². The highest BCUT2D eigenvalue weighted by molar-refractivity contribution is 7.80. The van der Waals surface area contributed by atoms with Gasteiger partial charge in [0.25, 0.3) is 5.91 Å². The lowest BCUT2D eigenvalue weighted by Crippen LogP contribution is -2.34. The summed E-state index contributed by atoms with van der Waals surface area (Å²) in [5, 5.41) is 14.7. The van der Waals surface area contributed by atoms with Crippen LogP contribution in [0.2, 0.25) is 10.0 Å². The second kappa shape index (κ2) is 8.15. The number of amides is 1. The van der Waals surface area contributed by atoms with E-state index >= 15 is 0 Å². The van der Waals surface area contributed by atoms with E-state index in [0.717, 1.165) is 0 Å². The van der Waals surface area contributed by atoms with Gasteiger partial charge in [-0.1, -0.05) is 23.2 Å². The van der Waals surface area contributed by atoms with Crippen LogP contribution >= 0.6 is 35.4 Å². The Hall–Kier alpha value is -2.35. The summed E-state index contributed by atoms with van der Waals surface area (Å²) in [4.78, 5) is 23.3. The Balaban J connectivity index is 2.17. The molecule has 0 fully saturated rings. The molecule has 0 atom stereocenters. The number of ether oxygens (including phenoxy) is 1. The van der Waals surface area contributed by atoms with Crippen LogP contribution in [0.5, 0.6) is 5.75 Å². The van der Waals surface area contributed by atoms with Gasteiger partial charge in [0, 0.05) is 5.02 Å². The van der Waals surface area contributed by atoms with Gasteiger partial charge in [-0.3, -0.25) is 10.1 Å². The number of carboxylic acid groups (broad SMARTS) is 1. The van der Waals surface area contributed by atoms with Crippen LogP contribution in [0.4, 0.5) is 5.69 Å². The summed E-state index contributed by atoms with van der Waals surface area (Å²) in [5.41, 5.74) is 0.491. The Morgan fingerprint density at radius 3 is 2.52 bits per heavy atom. The normalized spacial score (nSPS) is 10.0. The number of carbonyl (C=O) groups is 2. The minimum atomic E-state index is -1.11. The average Bonchev–Trinajstić information content (AvgIpc) is 2.56. The van der Waals surface area contributed by atoms with Gasteiger partial charge in [-0.2, -0.15) is 0 Å². The van der Waals surface area contributed by atoms with Crippen molar-refractivity contribution in [1.82, 2.24) is 5.32 Å². The lowest BCUT2D eigenvalue weighted by Gasteiger charge is -2.14. The molecular formula is C16H12Cl2N2O4S. The van der Waals surface area contributed by atoms with Crippen molar-refractivity contribution in [2.45, 2.75) is 0 Å². The number of hydrogen-bond donors (Lipinski definition) is 3. The van der Waals surface area contributed by atoms with E-state index in [0.29, 0.717) is 16.5 Å². The standard InChI is InChI=1S/C16H12Cl2N2O4S/c1-24-13-5-2-8(15(22)23)6-12(13)19-16(25)20-14(21)10-7-9(17)3-4-11(10)18/h2-7H,1H3,(H,22,23)(H2,19,20,21,25). The average molecular weight is 399 g/mol. The van der Waals surface area contributed by atoms with Crippen molar-refractivity contribution < 1.29 is 19.4 Å². The number of carbonyl (C=O) groups excluding carboxylic acids is 1. The molecule has 2 rings (SSSR count). The number of aromatic carboxylic acids is 1. The van der Waals surface area contributed by atoms with Crippen LogP contribution in [0.1, 0.15) is 20.7 Å². The van der Waals surface area contributed by atoms with E-state index in [1.807, 2.05) is 0 Å². The molecule has 6 nitrogen and oxygen atoms in total. The van der Waals surface area contributed by atoms with E-state index in [-0.39, 0.29) is 21.3 Å². The SMILES string of the molecule is COc1ccc(C(=O)O)cc1NC(=S)NC(=O)c1cc(Cl)ccc1Cl. The van der Waals surface area contributed by atoms with Crippen molar-refractivity contribution in [2.75, 3.05) is 12.4 Å². The molecule has 0 radical (unpaired) electrons. The Bertz CT molecular complexity index is 858. The predicted molar refractivity (Wildman–Crippen MR) is 100 cm³/mol. The number of carboxylic acids is 1. The molecule has 0 saturated heterocycles. The van der Waals surface area contributed by atoms with Gasteiger partial charge in [0.2, 0.25) is 0 Å². The molecule has 9 heteroatoms. The fourth-order valence-corrected chi connectivity index (χ4v) is 2.51. The number of halogens is 2. The highest BCUT2D eigenvalue weighted by atomic mass is 35.5. The first kappa shape index (κ1) is 19.0. The van der Waals surface area contributed by atoms with E-state index in [9.17, 15) is 9.59 Å². The van der Waals surface area contributed by atoms with Gasteiger partial charge < -0.3 is 15.2 Å². The molecule has 0 aromatic heterocycles. The summed E-state index contributed by atoms with van der Waals surface area (Å²) in [6, 6.07) is 8.66. The highest BCUT2D eigenvalue weighted by Gasteiger charge is 2.15. The molecule has 25 heavy (non-hydrogen) atoms. The van der Waals surface area contributed by atoms with Crippen LogP contribution in [-0.4, -0.2) is 29.2 Å². The van der Waals surface area contributed by atoms with Crippen molar-refractivity contribution in [2.24, 2.45) is 0 Å². The molecule has 2 aromatic carbocycles. The number of hydrogen-bond acceptors (Lipinski definition) is 4. The maximum absolute atomic E-state index is 12.2. The van der Waals surface area contributed by atoms with E-state index in [1.54, 1.807) is 6.07 Å². The molecule has 130 valence electrons. The van der Waals surface area contributed by atoms with Crippen molar-refractivity contribution >= 4 is 58.1 Å². The first-order valence-electron chi connectivity index (χ1n) is 6.80. The van der Waals surface area contributed by atoms with E-state index in [1.165, 1.54) is 37.4 Å². The zero-order chi connectivity index (χ0) is 18.6. The summed E-state index contributed by atoms with van der Waals surface area (Å²) < 4.78 is 5.14. The molecule has 3 N–H and O–H groups in total. The highest BCUT2D eigenvalue weighted by Crippen LogP contribution is 2.26. The first-order valence-corrected chi connectivity index (χ1v) is 7.97. The van der Waals surface area contributed by atoms with Gasteiger partial charge in [0.1, 0.15) is 5.75 Å². The molecule has 0 unspecified atom stereocenters. The number of benzene rings is 2. The second-order valence-electron chi connectivity index (χ2n) is 4.75. The number of nitrogens with one attached hydrogen (secondary N) is 2. The van der Waals surface area contributed by atoms with Crippen LogP contribution in [0.25, 0.3) is 0 Å². The maximum atomic E-state index is 12.2. The summed E-state index contributed by atoms with van der Waals surface area (Å²) in [6.07, 6.45) is 0. The fraction of sp³-hybridized carbons (Fsp3) is 0.0625. The zero-order valence-electron chi connectivity index (χ0n) is 12.8. The Morgan fingerprint density at radius 1 is 1.16 bits per heavy atom. The lowest BCUT2D eigenvalue weighted by atomic mass is 10.2. The van der Waals surface area contributed by atoms with Gasteiger partial charge in [-0.05, 0) is 48.6 Å². The lowest BCUT2D eigenvalue weighted by molar-refractivity contribution is 0.0696. The summed E-state index contributed by atoms with van der Waals surface area (Å²) >= 11 is 16.9. The smallest absolute Gasteiger partial charge is 0.335 e. The van der Waals surface area contributed by atoms with Gasteiger partial charge >= 0.3 is 5.97 Å². The number of thiocarbonyl (C=S) groups is 1. The maximum Gasteiger partial charge on any atom is 0.335 e. The Labute approximate surface area is 158 Å². The number of anilines is 1. The predicted octanol–water partition coefficient (Wildman–Crippen LogP) is 3.83. The summed E-state index contributed by atoms with van der Waals surface area (Å²) in [7, 11) is 1.42. The van der Waals surface area contributed by atoms with Crippen LogP contribution in [0.15, 0.2) is 36.4 Å². The molecular weight excluding hydrogens is 387 g/mol. The largest absolute Gasteiger partial charge is 0.495 e. The van der Waals surface area contributed by atoms with Crippen LogP contribution < -0.4 is 15.4 Å². The van der Waals surface area contributed by atoms with Crippen molar-refractivity contribution in [3.05, 3.63) is 57.6 Å². The Kier molecular flexibility index (Phi) is 6.19. The molecule has 1 amide bonds. The molecule has 0 aliphatic rings. The van der Waals surface area contributed by atoms with Gasteiger partial charge in [-0.15, -0.1) is 0 Å². The fourth-order valence-electron chi connectivity index (χ4n) is 1.93. The van der Waals surface area contributed by atoms with Gasteiger partial charge in [-0.25, -0.2) is 4.79 Å². The third-order valence-corrected chi connectivity index (χ3v) is 3.86. The van der Waals surface area contributed by atoms with Gasteiger partial charge in [0.05, 0.1) is 28.9 Å². The minimum Gasteiger partial charge on any atom is -0.495 e. The number of methoxy groups -OCH3 is 1. The van der Waals surface area contributed by atoms with Crippen molar-refractivity contribution in [1.29, 1.82) is 0 Å². The summed E-state index contributed by atoms with van der Waals surface area (Å²) in [5.74, 6) is -1.30. The van der Waals surface area contributed by atoms with Crippen LogP contribution in [-0.2, 0) is 0 Å². The quantitative estimate of drug-likeness (QED) is 0.678. The molecule has 0 spiro atoms. The molecule has 0 aliphatic carbocycles. The third-order valence-electron chi connectivity index (χ3n) is 3.09. The summed E-state index contributed by atoms with van der Waals surface area (Å²) in [6.45, 7) is 0. The first-order chi connectivity index (χ1) is 11.8. The van der Waals surface area contributed by atoms with Gasteiger partial charge in [0.15, 0.2) is 5.11 Å². The third kappa shape index (κ3) is 4.82. The van der Waals surface area contributed by atoms with Crippen molar-refractivity contribution in [3.8, 4) is 5.75 Å². The number of rotatable bonds is 4. The van der Waals surface area contributed by atoms with Crippen LogP contribution in [0.3, 0.4) is 0 Å². The molecule has 0 saturated carbocycles. The topological polar surface area (TPSA) is 87.7 Å². The van der Waals surface area contributed by atoms with Crippen molar-refractivity contribution in [3.63, 3.8) is 0 Å². The Morgan fingerprint density at radius 2 is 1.88 bits per heavy atom.